The molecule has 0 aliphatic carbocycles. The van der Waals surface area contributed by atoms with Crippen LogP contribution in [0, 0.1) is 5.92 Å². The van der Waals surface area contributed by atoms with Crippen LogP contribution in [0.1, 0.15) is 33.1 Å². The van der Waals surface area contributed by atoms with Crippen LogP contribution in [0.4, 0.5) is 0 Å². The van der Waals surface area contributed by atoms with Crippen molar-refractivity contribution in [1.82, 2.24) is 5.32 Å². The van der Waals surface area contributed by atoms with Gasteiger partial charge in [-0.15, -0.1) is 0 Å². The molecule has 0 aromatic heterocycles. The van der Waals surface area contributed by atoms with Crippen molar-refractivity contribution in [2.45, 2.75) is 45.3 Å². The molecule has 4 heteroatoms. The summed E-state index contributed by atoms with van der Waals surface area (Å²) in [6.07, 6.45) is 2.49. The van der Waals surface area contributed by atoms with Gasteiger partial charge in [0.15, 0.2) is 0 Å². The number of hydrogen-bond donors (Lipinski definition) is 2. The van der Waals surface area contributed by atoms with Gasteiger partial charge >= 0.3 is 5.97 Å². The van der Waals surface area contributed by atoms with Gasteiger partial charge < -0.3 is 15.2 Å². The Morgan fingerprint density at radius 1 is 1.53 bits per heavy atom. The third kappa shape index (κ3) is 5.14. The van der Waals surface area contributed by atoms with Crippen LogP contribution in [0.3, 0.4) is 0 Å². The molecule has 4 nitrogen and oxygen atoms in total. The van der Waals surface area contributed by atoms with Crippen LogP contribution in [0.25, 0.3) is 0 Å². The first-order valence-electron chi connectivity index (χ1n) is 5.66. The van der Waals surface area contributed by atoms with Crippen LogP contribution in [0.15, 0.2) is 0 Å². The molecule has 0 aromatic rings. The number of ether oxygens (including phenoxy) is 1. The van der Waals surface area contributed by atoms with Gasteiger partial charge in [-0.25, -0.2) is 0 Å². The van der Waals surface area contributed by atoms with E-state index in [4.69, 9.17) is 9.84 Å². The average Bonchev–Trinajstić information content (AvgIpc) is 2.14. The lowest BCUT2D eigenvalue weighted by atomic mass is 9.93. The van der Waals surface area contributed by atoms with Crippen LogP contribution in [0.2, 0.25) is 0 Å². The van der Waals surface area contributed by atoms with E-state index in [1.54, 1.807) is 0 Å². The van der Waals surface area contributed by atoms with Crippen LogP contribution in [0.5, 0.6) is 0 Å². The van der Waals surface area contributed by atoms with Crippen molar-refractivity contribution in [3.05, 3.63) is 0 Å². The molecule has 2 atom stereocenters. The zero-order chi connectivity index (χ0) is 11.3. The predicted molar refractivity (Wildman–Crippen MR) is 57.9 cm³/mol. The first kappa shape index (κ1) is 12.5. The molecule has 0 amide bonds. The number of carboxylic acid groups (broad SMARTS) is 1. The summed E-state index contributed by atoms with van der Waals surface area (Å²) in [5.41, 5.74) is 0. The van der Waals surface area contributed by atoms with Crippen LogP contribution < -0.4 is 5.32 Å². The number of aliphatic carboxylic acids is 1. The Labute approximate surface area is 91.0 Å². The lowest BCUT2D eigenvalue weighted by Crippen LogP contribution is -2.41. The van der Waals surface area contributed by atoms with Gasteiger partial charge in [0.1, 0.15) is 0 Å². The van der Waals surface area contributed by atoms with E-state index in [0.29, 0.717) is 5.92 Å². The largest absolute Gasteiger partial charge is 0.481 e. The Hall–Kier alpha value is -0.610. The zero-order valence-corrected chi connectivity index (χ0v) is 9.53. The average molecular weight is 215 g/mol. The number of piperidine rings is 1. The molecule has 2 N–H and O–H groups in total. The van der Waals surface area contributed by atoms with Crippen LogP contribution in [-0.2, 0) is 9.53 Å². The number of rotatable bonds is 5. The predicted octanol–water partition coefficient (Wildman–Crippen LogP) is 1.25. The summed E-state index contributed by atoms with van der Waals surface area (Å²) in [4.78, 5) is 10.4. The number of carbonyl (C=O) groups is 1. The molecular formula is C11H21NO3. The van der Waals surface area contributed by atoms with E-state index in [2.05, 4.69) is 5.32 Å². The lowest BCUT2D eigenvalue weighted by Gasteiger charge is -2.31. The van der Waals surface area contributed by atoms with Crippen molar-refractivity contribution in [2.24, 2.45) is 5.92 Å². The molecule has 1 rings (SSSR count). The smallest absolute Gasteiger partial charge is 0.303 e. The maximum Gasteiger partial charge on any atom is 0.303 e. The molecule has 1 aliphatic rings. The van der Waals surface area contributed by atoms with Crippen molar-refractivity contribution in [2.75, 3.05) is 13.1 Å². The Bertz CT molecular complexity index is 206. The maximum absolute atomic E-state index is 10.4. The highest BCUT2D eigenvalue weighted by Gasteiger charge is 2.23. The summed E-state index contributed by atoms with van der Waals surface area (Å²) >= 11 is 0. The normalized spacial score (nSPS) is 26.9. The Morgan fingerprint density at radius 3 is 2.87 bits per heavy atom. The molecule has 1 fully saturated rings. The van der Waals surface area contributed by atoms with Gasteiger partial charge in [-0.3, -0.25) is 4.79 Å². The highest BCUT2D eigenvalue weighted by Crippen LogP contribution is 2.19. The second-order valence-corrected chi connectivity index (χ2v) is 4.50. The second-order valence-electron chi connectivity index (χ2n) is 4.50. The van der Waals surface area contributed by atoms with Gasteiger partial charge in [0, 0.05) is 13.0 Å². The van der Waals surface area contributed by atoms with E-state index < -0.39 is 5.97 Å². The molecule has 0 saturated carbocycles. The van der Waals surface area contributed by atoms with Crippen molar-refractivity contribution in [3.63, 3.8) is 0 Å². The maximum atomic E-state index is 10.4. The number of carboxylic acids is 1. The van der Waals surface area contributed by atoms with Crippen molar-refractivity contribution < 1.29 is 14.6 Å². The van der Waals surface area contributed by atoms with E-state index in [0.717, 1.165) is 25.9 Å². The van der Waals surface area contributed by atoms with Gasteiger partial charge in [-0.2, -0.15) is 0 Å². The molecule has 1 aliphatic heterocycles. The number of hydrogen-bond acceptors (Lipinski definition) is 3. The molecule has 0 aromatic carbocycles. The quantitative estimate of drug-likeness (QED) is 0.724. The first-order chi connectivity index (χ1) is 7.08. The molecule has 0 radical (unpaired) electrons. The molecule has 15 heavy (non-hydrogen) atoms. The van der Waals surface area contributed by atoms with Gasteiger partial charge in [0.2, 0.25) is 0 Å². The Balaban J connectivity index is 2.25. The van der Waals surface area contributed by atoms with E-state index in [-0.39, 0.29) is 18.6 Å². The molecule has 2 unspecified atom stereocenters. The highest BCUT2D eigenvalue weighted by atomic mass is 16.5. The monoisotopic (exact) mass is 215 g/mol. The highest BCUT2D eigenvalue weighted by molar-refractivity contribution is 5.66. The second kappa shape index (κ2) is 6.08. The van der Waals surface area contributed by atoms with Crippen molar-refractivity contribution in [1.29, 1.82) is 0 Å². The molecule has 0 spiro atoms. The van der Waals surface area contributed by atoms with E-state index in [1.165, 1.54) is 0 Å². The van der Waals surface area contributed by atoms with Crippen molar-refractivity contribution in [3.8, 4) is 0 Å². The standard InChI is InChI=1S/C11H21NO3/c1-8(2)15-10-5-9(6-12-7-10)3-4-11(13)14/h8-10,12H,3-7H2,1-2H3,(H,13,14). The minimum atomic E-state index is -0.707. The Morgan fingerprint density at radius 2 is 2.27 bits per heavy atom. The van der Waals surface area contributed by atoms with Crippen molar-refractivity contribution >= 4 is 5.97 Å². The lowest BCUT2D eigenvalue weighted by molar-refractivity contribution is -0.137. The van der Waals surface area contributed by atoms with Gasteiger partial charge in [-0.1, -0.05) is 0 Å². The van der Waals surface area contributed by atoms with E-state index in [1.807, 2.05) is 13.8 Å². The summed E-state index contributed by atoms with van der Waals surface area (Å²) in [6.45, 7) is 5.87. The molecule has 0 bridgehead atoms. The van der Waals surface area contributed by atoms with Gasteiger partial charge in [-0.05, 0) is 39.2 Å². The third-order valence-corrected chi connectivity index (χ3v) is 2.63. The Kier molecular flexibility index (Phi) is 5.05. The van der Waals surface area contributed by atoms with E-state index >= 15 is 0 Å². The van der Waals surface area contributed by atoms with Gasteiger partial charge in [0.25, 0.3) is 0 Å². The fraction of sp³-hybridized carbons (Fsp3) is 0.909. The van der Waals surface area contributed by atoms with Gasteiger partial charge in [0.05, 0.1) is 12.2 Å². The third-order valence-electron chi connectivity index (χ3n) is 2.63. The fourth-order valence-corrected chi connectivity index (χ4v) is 2.02. The summed E-state index contributed by atoms with van der Waals surface area (Å²) in [5.74, 6) is -0.263. The molecular weight excluding hydrogens is 194 g/mol. The molecule has 1 heterocycles. The molecule has 1 saturated heterocycles. The summed E-state index contributed by atoms with van der Waals surface area (Å²) in [6, 6.07) is 0. The first-order valence-corrected chi connectivity index (χ1v) is 5.66. The number of nitrogens with one attached hydrogen (secondary N) is 1. The zero-order valence-electron chi connectivity index (χ0n) is 9.53. The molecule has 88 valence electrons. The minimum absolute atomic E-state index is 0.245. The summed E-state index contributed by atoms with van der Waals surface area (Å²) in [5, 5.41) is 11.9. The SMILES string of the molecule is CC(C)OC1CNCC(CCC(=O)O)C1. The minimum Gasteiger partial charge on any atom is -0.481 e. The summed E-state index contributed by atoms with van der Waals surface area (Å²) in [7, 11) is 0. The summed E-state index contributed by atoms with van der Waals surface area (Å²) < 4.78 is 5.72. The topological polar surface area (TPSA) is 58.6 Å². The van der Waals surface area contributed by atoms with Crippen LogP contribution >= 0.6 is 0 Å². The van der Waals surface area contributed by atoms with E-state index in [9.17, 15) is 4.79 Å². The van der Waals surface area contributed by atoms with Crippen LogP contribution in [-0.4, -0.2) is 36.4 Å². The fourth-order valence-electron chi connectivity index (χ4n) is 2.02.